The molecule has 6 heteroatoms. The van der Waals surface area contributed by atoms with Gasteiger partial charge in [0.1, 0.15) is 0 Å². The Morgan fingerprint density at radius 1 is 1.59 bits per heavy atom. The number of aromatic nitrogens is 1. The number of hydrogen-bond donors (Lipinski definition) is 2. The van der Waals surface area contributed by atoms with Crippen LogP contribution in [0, 0.1) is 12.3 Å². The van der Waals surface area contributed by atoms with Gasteiger partial charge in [-0.25, -0.2) is 8.42 Å². The molecule has 0 radical (unpaired) electrons. The van der Waals surface area contributed by atoms with Gasteiger partial charge in [0.25, 0.3) is 0 Å². The highest BCUT2D eigenvalue weighted by Gasteiger charge is 2.23. The molecule has 1 aromatic heterocycles. The zero-order valence-corrected chi connectivity index (χ0v) is 10.8. The summed E-state index contributed by atoms with van der Waals surface area (Å²) in [6, 6.07) is 1.62. The summed E-state index contributed by atoms with van der Waals surface area (Å²) >= 11 is 0. The van der Waals surface area contributed by atoms with Crippen molar-refractivity contribution in [3.8, 4) is 12.3 Å². The lowest BCUT2D eigenvalue weighted by Gasteiger charge is -2.16. The zero-order valence-electron chi connectivity index (χ0n) is 10.0. The summed E-state index contributed by atoms with van der Waals surface area (Å²) in [5.74, 6) is 2.35. The second-order valence-electron chi connectivity index (χ2n) is 3.53. The number of terminal acetylenes is 1. The van der Waals surface area contributed by atoms with E-state index in [9.17, 15) is 8.42 Å². The molecule has 1 aromatic rings. The predicted octanol–water partition coefficient (Wildman–Crippen LogP) is 0.378. The lowest BCUT2D eigenvalue weighted by atomic mass is 10.4. The van der Waals surface area contributed by atoms with E-state index in [0.717, 1.165) is 5.69 Å². The van der Waals surface area contributed by atoms with Crippen molar-refractivity contribution in [2.75, 3.05) is 20.1 Å². The highest BCUT2D eigenvalue weighted by atomic mass is 32.2. The smallest absolute Gasteiger partial charge is 0.245 e. The van der Waals surface area contributed by atoms with Gasteiger partial charge in [0.05, 0.1) is 11.4 Å². The third-order valence-corrected chi connectivity index (χ3v) is 4.24. The van der Waals surface area contributed by atoms with E-state index >= 15 is 0 Å². The quantitative estimate of drug-likeness (QED) is 0.722. The van der Waals surface area contributed by atoms with Gasteiger partial charge < -0.3 is 10.3 Å². The largest absolute Gasteiger partial charge is 0.363 e. The number of nitrogens with zero attached hydrogens (tertiary/aromatic N) is 1. The number of hydrogen-bond acceptors (Lipinski definition) is 3. The molecule has 1 rings (SSSR count). The molecule has 0 fully saturated rings. The topological polar surface area (TPSA) is 65.2 Å². The van der Waals surface area contributed by atoms with Crippen LogP contribution in [-0.4, -0.2) is 37.8 Å². The van der Waals surface area contributed by atoms with E-state index in [1.165, 1.54) is 10.5 Å². The monoisotopic (exact) mass is 255 g/mol. The summed E-state index contributed by atoms with van der Waals surface area (Å²) in [5.41, 5.74) is 0.822. The van der Waals surface area contributed by atoms with Gasteiger partial charge in [0.15, 0.2) is 0 Å². The molecule has 1 heterocycles. The second-order valence-corrected chi connectivity index (χ2v) is 5.46. The van der Waals surface area contributed by atoms with Gasteiger partial charge in [-0.1, -0.05) is 12.8 Å². The molecule has 2 N–H and O–H groups in total. The first-order valence-electron chi connectivity index (χ1n) is 5.31. The normalized spacial score (nSPS) is 11.6. The molecule has 0 aromatic carbocycles. The molecule has 0 amide bonds. The predicted molar refractivity (Wildman–Crippen MR) is 66.8 cm³/mol. The van der Waals surface area contributed by atoms with Crippen LogP contribution >= 0.6 is 0 Å². The molecule has 0 aliphatic heterocycles. The van der Waals surface area contributed by atoms with Gasteiger partial charge in [-0.3, -0.25) is 0 Å². The number of rotatable bonds is 6. The number of aromatic amines is 1. The highest BCUT2D eigenvalue weighted by molar-refractivity contribution is 7.89. The maximum atomic E-state index is 12.2. The van der Waals surface area contributed by atoms with E-state index in [2.05, 4.69) is 16.2 Å². The van der Waals surface area contributed by atoms with Crippen molar-refractivity contribution in [2.45, 2.75) is 18.4 Å². The standard InChI is InChI=1S/C11H17N3O2S/c1-4-6-14(5-2)17(15,16)11-7-10(8-12-3)13-9-11/h1,7,9,12-13H,5-6,8H2,2-3H3. The second kappa shape index (κ2) is 5.87. The van der Waals surface area contributed by atoms with Crippen LogP contribution < -0.4 is 5.32 Å². The van der Waals surface area contributed by atoms with Gasteiger partial charge in [0, 0.05) is 25.0 Å². The highest BCUT2D eigenvalue weighted by Crippen LogP contribution is 2.16. The first-order valence-corrected chi connectivity index (χ1v) is 6.75. The van der Waals surface area contributed by atoms with Crippen molar-refractivity contribution in [3.05, 3.63) is 18.0 Å². The Hall–Kier alpha value is -1.29. The van der Waals surface area contributed by atoms with E-state index < -0.39 is 10.0 Å². The Morgan fingerprint density at radius 2 is 2.29 bits per heavy atom. The minimum absolute atomic E-state index is 0.0887. The zero-order chi connectivity index (χ0) is 12.9. The van der Waals surface area contributed by atoms with Gasteiger partial charge >= 0.3 is 0 Å². The van der Waals surface area contributed by atoms with Gasteiger partial charge in [-0.2, -0.15) is 4.31 Å². The van der Waals surface area contributed by atoms with Gasteiger partial charge in [0.2, 0.25) is 10.0 Å². The number of H-pyrrole nitrogens is 1. The van der Waals surface area contributed by atoms with Crippen LogP contribution in [0.2, 0.25) is 0 Å². The maximum absolute atomic E-state index is 12.2. The van der Waals surface area contributed by atoms with Crippen molar-refractivity contribution < 1.29 is 8.42 Å². The van der Waals surface area contributed by atoms with E-state index in [4.69, 9.17) is 6.42 Å². The van der Waals surface area contributed by atoms with Crippen LogP contribution in [-0.2, 0) is 16.6 Å². The van der Waals surface area contributed by atoms with Crippen molar-refractivity contribution in [2.24, 2.45) is 0 Å². The number of nitrogens with one attached hydrogen (secondary N) is 2. The SMILES string of the molecule is C#CCN(CC)S(=O)(=O)c1c[nH]c(CNC)c1. The molecule has 0 spiro atoms. The maximum Gasteiger partial charge on any atom is 0.245 e. The minimum atomic E-state index is -3.48. The Morgan fingerprint density at radius 3 is 2.82 bits per heavy atom. The molecule has 5 nitrogen and oxygen atoms in total. The molecule has 0 atom stereocenters. The van der Waals surface area contributed by atoms with Crippen LogP contribution in [0.15, 0.2) is 17.2 Å². The fourth-order valence-electron chi connectivity index (χ4n) is 1.48. The molecule has 0 aliphatic rings. The van der Waals surface area contributed by atoms with Crippen molar-refractivity contribution in [3.63, 3.8) is 0 Å². The van der Waals surface area contributed by atoms with Crippen molar-refractivity contribution >= 4 is 10.0 Å². The molecule has 0 aliphatic carbocycles. The number of sulfonamides is 1. The van der Waals surface area contributed by atoms with E-state index in [1.807, 2.05) is 0 Å². The van der Waals surface area contributed by atoms with Crippen LogP contribution in [0.25, 0.3) is 0 Å². The van der Waals surface area contributed by atoms with Crippen LogP contribution in [0.1, 0.15) is 12.6 Å². The van der Waals surface area contributed by atoms with Crippen LogP contribution in [0.3, 0.4) is 0 Å². The molecule has 0 saturated carbocycles. The van der Waals surface area contributed by atoms with Crippen molar-refractivity contribution in [1.29, 1.82) is 0 Å². The lowest BCUT2D eigenvalue weighted by Crippen LogP contribution is -2.31. The Bertz CT molecular complexity index is 499. The summed E-state index contributed by atoms with van der Waals surface area (Å²) in [7, 11) is -1.68. The van der Waals surface area contributed by atoms with Crippen LogP contribution in [0.4, 0.5) is 0 Å². The summed E-state index contributed by atoms with van der Waals surface area (Å²) in [5, 5.41) is 2.95. The summed E-state index contributed by atoms with van der Waals surface area (Å²) in [6.07, 6.45) is 6.65. The summed E-state index contributed by atoms with van der Waals surface area (Å²) in [6.45, 7) is 2.80. The van der Waals surface area contributed by atoms with Gasteiger partial charge in [-0.15, -0.1) is 6.42 Å². The van der Waals surface area contributed by atoms with E-state index in [0.29, 0.717) is 13.1 Å². The average Bonchev–Trinajstić information content (AvgIpc) is 2.75. The Balaban J connectivity index is 2.99. The van der Waals surface area contributed by atoms with E-state index in [1.54, 1.807) is 20.0 Å². The fraction of sp³-hybridized carbons (Fsp3) is 0.455. The molecule has 0 saturated heterocycles. The molecule has 0 unspecified atom stereocenters. The molecule has 17 heavy (non-hydrogen) atoms. The third-order valence-electron chi connectivity index (χ3n) is 2.34. The molecular formula is C11H17N3O2S. The minimum Gasteiger partial charge on any atom is -0.363 e. The fourth-order valence-corrected chi connectivity index (χ4v) is 2.86. The summed E-state index contributed by atoms with van der Waals surface area (Å²) in [4.78, 5) is 3.16. The summed E-state index contributed by atoms with van der Waals surface area (Å²) < 4.78 is 25.6. The Kier molecular flexibility index (Phi) is 4.75. The molecular weight excluding hydrogens is 238 g/mol. The lowest BCUT2D eigenvalue weighted by molar-refractivity contribution is 0.464. The van der Waals surface area contributed by atoms with Crippen molar-refractivity contribution in [1.82, 2.24) is 14.6 Å². The molecule has 0 bridgehead atoms. The average molecular weight is 255 g/mol. The first-order chi connectivity index (χ1) is 8.06. The van der Waals surface area contributed by atoms with Crippen LogP contribution in [0.5, 0.6) is 0 Å². The molecule has 94 valence electrons. The first kappa shape index (κ1) is 13.8. The Labute approximate surface area is 102 Å². The van der Waals surface area contributed by atoms with Gasteiger partial charge in [-0.05, 0) is 13.1 Å². The third kappa shape index (κ3) is 3.09. The van der Waals surface area contributed by atoms with E-state index in [-0.39, 0.29) is 11.4 Å².